The molecule has 110 valence electrons. The zero-order chi connectivity index (χ0) is 14.9. The number of amides is 2. The third-order valence-corrected chi connectivity index (χ3v) is 3.19. The fourth-order valence-corrected chi connectivity index (χ4v) is 2.15. The van der Waals surface area contributed by atoms with Gasteiger partial charge in [-0.25, -0.2) is 9.18 Å². The Morgan fingerprint density at radius 2 is 2.40 bits per heavy atom. The Morgan fingerprint density at radius 3 is 2.95 bits per heavy atom. The highest BCUT2D eigenvalue weighted by molar-refractivity contribution is 5.77. The molecule has 0 aromatic carbocycles. The molecule has 20 heavy (non-hydrogen) atoms. The standard InChI is InChI=1S/C12H15FN2O5/c1-3-12(13)9(17)7(6-19-2)20-10(12)15-5-4-8(16)14-11(15)18/h1,4-5,7-10,16-17H,6H2,2H3,(H,14,18)/t7-,8?,9-,10-,12-/m1/s1. The van der Waals surface area contributed by atoms with Gasteiger partial charge in [-0.15, -0.1) is 6.42 Å². The number of carbonyl (C=O) groups is 1. The number of carbonyl (C=O) groups excluding carboxylic acids is 1. The van der Waals surface area contributed by atoms with E-state index in [1.165, 1.54) is 13.2 Å². The summed E-state index contributed by atoms with van der Waals surface area (Å²) in [5.41, 5.74) is -2.58. The van der Waals surface area contributed by atoms with Crippen LogP contribution >= 0.6 is 0 Å². The van der Waals surface area contributed by atoms with Crippen molar-refractivity contribution in [2.45, 2.75) is 30.3 Å². The summed E-state index contributed by atoms with van der Waals surface area (Å²) in [5, 5.41) is 21.3. The van der Waals surface area contributed by atoms with Crippen molar-refractivity contribution in [1.29, 1.82) is 0 Å². The van der Waals surface area contributed by atoms with Crippen molar-refractivity contribution < 1.29 is 28.9 Å². The Hall–Kier alpha value is -1.66. The molecule has 0 radical (unpaired) electrons. The Bertz CT molecular complexity index is 465. The van der Waals surface area contributed by atoms with Gasteiger partial charge in [-0.1, -0.05) is 5.92 Å². The molecule has 7 nitrogen and oxygen atoms in total. The lowest BCUT2D eigenvalue weighted by Gasteiger charge is -2.33. The number of aliphatic hydroxyl groups is 2. The van der Waals surface area contributed by atoms with Gasteiger partial charge in [0.1, 0.15) is 18.4 Å². The van der Waals surface area contributed by atoms with Crippen molar-refractivity contribution in [2.75, 3.05) is 13.7 Å². The van der Waals surface area contributed by atoms with Gasteiger partial charge in [0, 0.05) is 13.3 Å². The Morgan fingerprint density at radius 1 is 1.70 bits per heavy atom. The smallest absolute Gasteiger partial charge is 0.325 e. The topological polar surface area (TPSA) is 91.3 Å². The maximum atomic E-state index is 14.7. The van der Waals surface area contributed by atoms with E-state index in [-0.39, 0.29) is 6.61 Å². The lowest BCUT2D eigenvalue weighted by Crippen LogP contribution is -2.56. The number of ether oxygens (including phenoxy) is 2. The molecule has 0 bridgehead atoms. The van der Waals surface area contributed by atoms with Crippen LogP contribution in [0.3, 0.4) is 0 Å². The number of nitrogens with zero attached hydrogens (tertiary/aromatic N) is 1. The molecule has 0 saturated carbocycles. The Kier molecular flexibility index (Phi) is 3.96. The summed E-state index contributed by atoms with van der Waals surface area (Å²) in [7, 11) is 1.36. The fourth-order valence-electron chi connectivity index (χ4n) is 2.15. The van der Waals surface area contributed by atoms with Crippen LogP contribution in [0, 0.1) is 12.3 Å². The van der Waals surface area contributed by atoms with Crippen molar-refractivity contribution >= 4 is 6.03 Å². The van der Waals surface area contributed by atoms with Gasteiger partial charge in [-0.05, 0) is 6.08 Å². The van der Waals surface area contributed by atoms with Crippen LogP contribution < -0.4 is 5.32 Å². The third kappa shape index (κ3) is 2.25. The maximum Gasteiger partial charge on any atom is 0.325 e. The van der Waals surface area contributed by atoms with Gasteiger partial charge in [-0.3, -0.25) is 4.90 Å². The number of hydrogen-bond acceptors (Lipinski definition) is 5. The molecule has 2 heterocycles. The van der Waals surface area contributed by atoms with E-state index >= 15 is 0 Å². The number of urea groups is 1. The number of methoxy groups -OCH3 is 1. The molecule has 2 aliphatic rings. The predicted molar refractivity (Wildman–Crippen MR) is 64.7 cm³/mol. The van der Waals surface area contributed by atoms with Gasteiger partial charge in [0.05, 0.1) is 6.61 Å². The van der Waals surface area contributed by atoms with Crippen LogP contribution in [0.15, 0.2) is 12.3 Å². The fraction of sp³-hybridized carbons (Fsp3) is 0.583. The first-order valence-corrected chi connectivity index (χ1v) is 5.88. The SMILES string of the molecule is C#C[C@@]1(F)[C@H](O)[C@@H](COC)O[C@H]1N1C=CC(O)NC1=O. The molecule has 3 N–H and O–H groups in total. The second-order valence-corrected chi connectivity index (χ2v) is 4.48. The summed E-state index contributed by atoms with van der Waals surface area (Å²) >= 11 is 0. The van der Waals surface area contributed by atoms with Crippen molar-refractivity contribution in [3.05, 3.63) is 12.3 Å². The lowest BCUT2D eigenvalue weighted by molar-refractivity contribution is -0.0721. The van der Waals surface area contributed by atoms with Crippen LogP contribution in [-0.2, 0) is 9.47 Å². The number of alkyl halides is 1. The molecule has 5 atom stereocenters. The van der Waals surface area contributed by atoms with Crippen molar-refractivity contribution in [3.8, 4) is 12.3 Å². The van der Waals surface area contributed by atoms with Crippen LogP contribution in [-0.4, -0.2) is 65.2 Å². The Labute approximate surface area is 115 Å². The molecule has 0 spiro atoms. The van der Waals surface area contributed by atoms with Crippen LogP contribution in [0.2, 0.25) is 0 Å². The average Bonchev–Trinajstić information content (AvgIpc) is 2.65. The highest BCUT2D eigenvalue weighted by atomic mass is 19.1. The predicted octanol–water partition coefficient (Wildman–Crippen LogP) is -1.08. The van der Waals surface area contributed by atoms with Crippen LogP contribution in [0.5, 0.6) is 0 Å². The van der Waals surface area contributed by atoms with Crippen molar-refractivity contribution in [1.82, 2.24) is 10.2 Å². The number of rotatable bonds is 3. The van der Waals surface area contributed by atoms with Gasteiger partial charge < -0.3 is 25.0 Å². The quantitative estimate of drug-likeness (QED) is 0.574. The van der Waals surface area contributed by atoms with Crippen LogP contribution in [0.25, 0.3) is 0 Å². The summed E-state index contributed by atoms with van der Waals surface area (Å²) in [6.45, 7) is -0.0766. The number of aliphatic hydroxyl groups excluding tert-OH is 2. The van der Waals surface area contributed by atoms with Crippen LogP contribution in [0.1, 0.15) is 0 Å². The monoisotopic (exact) mass is 286 g/mol. The van der Waals surface area contributed by atoms with Gasteiger partial charge in [0.15, 0.2) is 6.23 Å². The maximum absolute atomic E-state index is 14.7. The van der Waals surface area contributed by atoms with E-state index in [2.05, 4.69) is 5.32 Å². The van der Waals surface area contributed by atoms with Gasteiger partial charge in [0.2, 0.25) is 5.67 Å². The third-order valence-electron chi connectivity index (χ3n) is 3.19. The van der Waals surface area contributed by atoms with E-state index < -0.39 is 36.4 Å². The van der Waals surface area contributed by atoms with Crippen molar-refractivity contribution in [3.63, 3.8) is 0 Å². The molecule has 2 amide bonds. The van der Waals surface area contributed by atoms with Crippen LogP contribution in [0.4, 0.5) is 9.18 Å². The molecule has 2 rings (SSSR count). The molecular formula is C12H15FN2O5. The number of terminal acetylenes is 1. The summed E-state index contributed by atoms with van der Waals surface area (Å²) < 4.78 is 24.9. The average molecular weight is 286 g/mol. The Balaban J connectivity index is 2.28. The van der Waals surface area contributed by atoms with E-state index in [0.29, 0.717) is 0 Å². The second-order valence-electron chi connectivity index (χ2n) is 4.48. The minimum Gasteiger partial charge on any atom is -0.386 e. The second kappa shape index (κ2) is 5.38. The van der Waals surface area contributed by atoms with E-state index in [1.54, 1.807) is 0 Å². The highest BCUT2D eigenvalue weighted by Gasteiger charge is 2.59. The van der Waals surface area contributed by atoms with Crippen molar-refractivity contribution in [2.24, 2.45) is 0 Å². The highest BCUT2D eigenvalue weighted by Crippen LogP contribution is 2.37. The minimum absolute atomic E-state index is 0.0766. The summed E-state index contributed by atoms with van der Waals surface area (Å²) in [5.74, 6) is 1.84. The number of hydrogen-bond donors (Lipinski definition) is 3. The minimum atomic E-state index is -2.58. The molecule has 1 saturated heterocycles. The largest absolute Gasteiger partial charge is 0.386 e. The lowest BCUT2D eigenvalue weighted by atomic mass is 9.96. The molecule has 8 heteroatoms. The first-order chi connectivity index (χ1) is 9.43. The molecule has 0 aliphatic carbocycles. The summed E-state index contributed by atoms with van der Waals surface area (Å²) in [6, 6.07) is -0.785. The molecular weight excluding hydrogens is 271 g/mol. The zero-order valence-electron chi connectivity index (χ0n) is 10.7. The molecule has 1 fully saturated rings. The molecule has 2 aliphatic heterocycles. The zero-order valence-corrected chi connectivity index (χ0v) is 10.7. The summed E-state index contributed by atoms with van der Waals surface area (Å²) in [6.07, 6.45) is 2.21. The van der Waals surface area contributed by atoms with E-state index in [9.17, 15) is 19.4 Å². The summed E-state index contributed by atoms with van der Waals surface area (Å²) in [4.78, 5) is 12.6. The first-order valence-electron chi connectivity index (χ1n) is 5.88. The normalized spacial score (nSPS) is 40.5. The van der Waals surface area contributed by atoms with E-state index in [1.807, 2.05) is 5.92 Å². The van der Waals surface area contributed by atoms with Gasteiger partial charge >= 0.3 is 6.03 Å². The molecule has 0 aromatic rings. The van der Waals surface area contributed by atoms with Gasteiger partial charge in [0.25, 0.3) is 0 Å². The van der Waals surface area contributed by atoms with E-state index in [4.69, 9.17) is 15.9 Å². The molecule has 1 unspecified atom stereocenters. The first kappa shape index (κ1) is 14.7. The number of nitrogens with one attached hydrogen (secondary N) is 1. The number of halogens is 1. The van der Waals surface area contributed by atoms with E-state index in [0.717, 1.165) is 11.1 Å². The molecule has 0 aromatic heterocycles. The van der Waals surface area contributed by atoms with Gasteiger partial charge in [-0.2, -0.15) is 0 Å².